The van der Waals surface area contributed by atoms with Gasteiger partial charge >= 0.3 is 0 Å². The number of rotatable bonds is 9. The van der Waals surface area contributed by atoms with E-state index in [1.807, 2.05) is 13.2 Å². The molecule has 5 nitrogen and oxygen atoms in total. The number of thioether (sulfide) groups is 1. The molecule has 7 heteroatoms. The molecule has 0 amide bonds. The first kappa shape index (κ1) is 16.2. The molecule has 0 fully saturated rings. The molecule has 0 saturated heterocycles. The quantitative estimate of drug-likeness (QED) is 0.625. The van der Waals surface area contributed by atoms with Gasteiger partial charge in [-0.05, 0) is 24.3 Å². The van der Waals surface area contributed by atoms with Crippen LogP contribution in [0.2, 0.25) is 0 Å². The summed E-state index contributed by atoms with van der Waals surface area (Å²) in [6.07, 6.45) is 2.45. The summed E-state index contributed by atoms with van der Waals surface area (Å²) in [6, 6.07) is 0. The molecule has 0 aliphatic rings. The van der Waals surface area contributed by atoms with E-state index < -0.39 is 10.2 Å². The third kappa shape index (κ3) is 6.70. The van der Waals surface area contributed by atoms with E-state index in [0.717, 1.165) is 5.75 Å². The highest BCUT2D eigenvalue weighted by molar-refractivity contribution is 7.98. The molecular weight excluding hydrogens is 248 g/mol. The third-order valence-electron chi connectivity index (χ3n) is 2.11. The van der Waals surface area contributed by atoms with Crippen LogP contribution in [0.1, 0.15) is 13.3 Å². The van der Waals surface area contributed by atoms with Gasteiger partial charge in [-0.1, -0.05) is 6.92 Å². The van der Waals surface area contributed by atoms with E-state index in [4.69, 9.17) is 5.11 Å². The van der Waals surface area contributed by atoms with Crippen molar-refractivity contribution in [3.05, 3.63) is 0 Å². The van der Waals surface area contributed by atoms with E-state index in [2.05, 4.69) is 4.72 Å². The first-order valence-corrected chi connectivity index (χ1v) is 8.08. The Labute approximate surface area is 103 Å². The van der Waals surface area contributed by atoms with Crippen LogP contribution in [0, 0.1) is 5.92 Å². The molecule has 0 bridgehead atoms. The Hall–Kier alpha value is 0.180. The van der Waals surface area contributed by atoms with E-state index in [1.54, 1.807) is 11.8 Å². The Morgan fingerprint density at radius 3 is 2.62 bits per heavy atom. The van der Waals surface area contributed by atoms with Crippen molar-refractivity contribution in [3.8, 4) is 0 Å². The average Bonchev–Trinajstić information content (AvgIpc) is 2.23. The van der Waals surface area contributed by atoms with Crippen molar-refractivity contribution in [2.75, 3.05) is 38.8 Å². The lowest BCUT2D eigenvalue weighted by molar-refractivity contribution is 0.275. The topological polar surface area (TPSA) is 69.6 Å². The van der Waals surface area contributed by atoms with Crippen molar-refractivity contribution in [1.29, 1.82) is 0 Å². The van der Waals surface area contributed by atoms with E-state index >= 15 is 0 Å². The van der Waals surface area contributed by atoms with Gasteiger partial charge in [0.05, 0.1) is 0 Å². The Bertz CT molecular complexity index is 270. The summed E-state index contributed by atoms with van der Waals surface area (Å²) in [6.45, 7) is 2.80. The van der Waals surface area contributed by atoms with Gasteiger partial charge in [0, 0.05) is 26.7 Å². The van der Waals surface area contributed by atoms with Crippen LogP contribution in [0.15, 0.2) is 0 Å². The minimum absolute atomic E-state index is 0.00272. The van der Waals surface area contributed by atoms with Crippen LogP contribution >= 0.6 is 11.8 Å². The Balaban J connectivity index is 4.03. The smallest absolute Gasteiger partial charge is 0.279 e. The second kappa shape index (κ2) is 8.30. The number of aliphatic hydroxyl groups excluding tert-OH is 1. The van der Waals surface area contributed by atoms with E-state index in [9.17, 15) is 8.42 Å². The molecule has 0 spiro atoms. The van der Waals surface area contributed by atoms with Gasteiger partial charge in [0.1, 0.15) is 0 Å². The minimum Gasteiger partial charge on any atom is -0.396 e. The zero-order valence-corrected chi connectivity index (χ0v) is 11.8. The highest BCUT2D eigenvalue weighted by atomic mass is 32.2. The molecule has 0 heterocycles. The Kier molecular flexibility index (Phi) is 8.39. The summed E-state index contributed by atoms with van der Waals surface area (Å²) in [5.74, 6) is 1.25. The summed E-state index contributed by atoms with van der Waals surface area (Å²) < 4.78 is 27.1. The van der Waals surface area contributed by atoms with Crippen LogP contribution in [-0.4, -0.2) is 56.6 Å². The summed E-state index contributed by atoms with van der Waals surface area (Å²) in [7, 11) is -1.87. The van der Waals surface area contributed by atoms with Crippen LogP contribution in [-0.2, 0) is 10.2 Å². The predicted molar refractivity (Wildman–Crippen MR) is 68.8 cm³/mol. The molecule has 0 radical (unpaired) electrons. The molecule has 0 aliphatic heterocycles. The van der Waals surface area contributed by atoms with Gasteiger partial charge in [-0.15, -0.1) is 0 Å². The van der Waals surface area contributed by atoms with E-state index in [-0.39, 0.29) is 6.61 Å². The molecule has 0 aliphatic carbocycles. The summed E-state index contributed by atoms with van der Waals surface area (Å²) in [4.78, 5) is 0. The van der Waals surface area contributed by atoms with Crippen molar-refractivity contribution in [2.45, 2.75) is 13.3 Å². The molecule has 98 valence electrons. The molecule has 1 atom stereocenters. The van der Waals surface area contributed by atoms with Crippen LogP contribution < -0.4 is 4.72 Å². The first-order chi connectivity index (χ1) is 7.44. The highest BCUT2D eigenvalue weighted by Gasteiger charge is 2.17. The molecule has 0 aromatic heterocycles. The lowest BCUT2D eigenvalue weighted by Gasteiger charge is -2.18. The van der Waals surface area contributed by atoms with Crippen molar-refractivity contribution < 1.29 is 13.5 Å². The zero-order chi connectivity index (χ0) is 12.6. The van der Waals surface area contributed by atoms with Gasteiger partial charge in [0.25, 0.3) is 10.2 Å². The molecule has 0 saturated carbocycles. The van der Waals surface area contributed by atoms with Crippen molar-refractivity contribution in [1.82, 2.24) is 9.03 Å². The maximum absolute atomic E-state index is 11.7. The van der Waals surface area contributed by atoms with Gasteiger partial charge < -0.3 is 5.11 Å². The zero-order valence-electron chi connectivity index (χ0n) is 10.1. The van der Waals surface area contributed by atoms with Gasteiger partial charge in [-0.25, -0.2) is 4.72 Å². The third-order valence-corrected chi connectivity index (χ3v) is 4.54. The molecule has 0 aromatic carbocycles. The van der Waals surface area contributed by atoms with Gasteiger partial charge in [0.2, 0.25) is 0 Å². The van der Waals surface area contributed by atoms with E-state index in [1.165, 1.54) is 11.4 Å². The lowest BCUT2D eigenvalue weighted by Crippen LogP contribution is -2.40. The van der Waals surface area contributed by atoms with Crippen molar-refractivity contribution in [2.24, 2.45) is 5.92 Å². The van der Waals surface area contributed by atoms with Crippen molar-refractivity contribution in [3.63, 3.8) is 0 Å². The van der Waals surface area contributed by atoms with Gasteiger partial charge in [0.15, 0.2) is 0 Å². The summed E-state index contributed by atoms with van der Waals surface area (Å²) in [5.41, 5.74) is 0. The molecule has 0 rings (SSSR count). The largest absolute Gasteiger partial charge is 0.396 e. The van der Waals surface area contributed by atoms with Crippen LogP contribution in [0.5, 0.6) is 0 Å². The molecule has 0 aromatic rings. The van der Waals surface area contributed by atoms with Gasteiger partial charge in [-0.2, -0.15) is 24.5 Å². The van der Waals surface area contributed by atoms with Crippen molar-refractivity contribution >= 4 is 22.0 Å². The average molecular weight is 270 g/mol. The van der Waals surface area contributed by atoms with Crippen LogP contribution in [0.3, 0.4) is 0 Å². The SMILES string of the molecule is CSCC(C)CNS(=O)(=O)N(C)CCCO. The first-order valence-electron chi connectivity index (χ1n) is 5.24. The highest BCUT2D eigenvalue weighted by Crippen LogP contribution is 2.04. The number of nitrogens with zero attached hydrogens (tertiary/aromatic N) is 1. The lowest BCUT2D eigenvalue weighted by atomic mass is 10.2. The second-order valence-corrected chi connectivity index (χ2v) is 6.59. The molecule has 2 N–H and O–H groups in total. The summed E-state index contributed by atoms with van der Waals surface area (Å²) >= 11 is 1.70. The number of hydrogen-bond donors (Lipinski definition) is 2. The van der Waals surface area contributed by atoms with Crippen LogP contribution in [0.4, 0.5) is 0 Å². The second-order valence-electron chi connectivity index (χ2n) is 3.81. The standard InChI is InChI=1S/C9H22N2O3S2/c1-9(8-15-3)7-10-16(13,14)11(2)5-4-6-12/h9-10,12H,4-8H2,1-3H3. The van der Waals surface area contributed by atoms with Gasteiger partial charge in [-0.3, -0.25) is 0 Å². The minimum atomic E-state index is -3.38. The molecule has 16 heavy (non-hydrogen) atoms. The molecule has 1 unspecified atom stereocenters. The predicted octanol–water partition coefficient (Wildman–Crippen LogP) is 0.134. The Morgan fingerprint density at radius 2 is 2.12 bits per heavy atom. The Morgan fingerprint density at radius 1 is 1.50 bits per heavy atom. The fraction of sp³-hybridized carbons (Fsp3) is 1.00. The normalized spacial score (nSPS) is 14.3. The summed E-state index contributed by atoms with van der Waals surface area (Å²) in [5, 5.41) is 8.62. The fourth-order valence-electron chi connectivity index (χ4n) is 1.11. The maximum Gasteiger partial charge on any atom is 0.279 e. The number of hydrogen-bond acceptors (Lipinski definition) is 4. The number of nitrogens with one attached hydrogen (secondary N) is 1. The molecular formula is C9H22N2O3S2. The number of aliphatic hydroxyl groups is 1. The van der Waals surface area contributed by atoms with Crippen LogP contribution in [0.25, 0.3) is 0 Å². The maximum atomic E-state index is 11.7. The monoisotopic (exact) mass is 270 g/mol. The fourth-order valence-corrected chi connectivity index (χ4v) is 2.89. The van der Waals surface area contributed by atoms with E-state index in [0.29, 0.717) is 25.4 Å².